The molecule has 0 radical (unpaired) electrons. The van der Waals surface area contributed by atoms with Crippen LogP contribution in [0, 0.1) is 6.92 Å². The van der Waals surface area contributed by atoms with Crippen LogP contribution in [-0.2, 0) is 6.42 Å². The molecule has 3 rings (SSSR count). The normalized spacial score (nSPS) is 13.9. The van der Waals surface area contributed by atoms with E-state index >= 15 is 0 Å². The van der Waals surface area contributed by atoms with E-state index in [0.717, 1.165) is 25.1 Å². The fourth-order valence-electron chi connectivity index (χ4n) is 2.54. The average molecular weight is 269 g/mol. The third kappa shape index (κ3) is 2.11. The summed E-state index contributed by atoms with van der Waals surface area (Å²) in [4.78, 5) is 21.6. The number of hydrogen-bond donors (Lipinski definition) is 1. The second-order valence-corrected chi connectivity index (χ2v) is 4.86. The molecule has 20 heavy (non-hydrogen) atoms. The highest BCUT2D eigenvalue weighted by atomic mass is 16.4. The van der Waals surface area contributed by atoms with E-state index in [1.54, 1.807) is 6.92 Å². The van der Waals surface area contributed by atoms with Crippen molar-refractivity contribution in [3.05, 3.63) is 47.3 Å². The Morgan fingerprint density at radius 1 is 1.35 bits per heavy atom. The lowest BCUT2D eigenvalue weighted by Crippen LogP contribution is -2.26. The maximum atomic E-state index is 11.0. The largest absolute Gasteiger partial charge is 0.478 e. The first-order valence-corrected chi connectivity index (χ1v) is 6.59. The van der Waals surface area contributed by atoms with Gasteiger partial charge in [-0.25, -0.2) is 14.8 Å². The molecule has 0 saturated heterocycles. The summed E-state index contributed by atoms with van der Waals surface area (Å²) < 4.78 is 0. The fraction of sp³-hybridized carbons (Fsp3) is 0.267. The van der Waals surface area contributed by atoms with Crippen molar-refractivity contribution in [1.29, 1.82) is 0 Å². The van der Waals surface area contributed by atoms with Crippen molar-refractivity contribution in [2.75, 3.05) is 11.4 Å². The van der Waals surface area contributed by atoms with E-state index < -0.39 is 5.97 Å². The highest BCUT2D eigenvalue weighted by Crippen LogP contribution is 2.31. The molecule has 0 spiro atoms. The molecule has 5 nitrogen and oxygen atoms in total. The lowest BCUT2D eigenvalue weighted by molar-refractivity contribution is 0.0695. The van der Waals surface area contributed by atoms with Gasteiger partial charge >= 0.3 is 5.97 Å². The highest BCUT2D eigenvalue weighted by molar-refractivity contribution is 5.88. The third-order valence-electron chi connectivity index (χ3n) is 3.55. The van der Waals surface area contributed by atoms with Gasteiger partial charge in [-0.2, -0.15) is 0 Å². The van der Waals surface area contributed by atoms with Crippen LogP contribution in [-0.4, -0.2) is 27.6 Å². The Balaban J connectivity index is 2.03. The zero-order valence-electron chi connectivity index (χ0n) is 11.2. The number of fused-ring (bicyclic) bond motifs is 1. The Hall–Kier alpha value is -2.43. The van der Waals surface area contributed by atoms with E-state index in [1.807, 2.05) is 12.1 Å². The van der Waals surface area contributed by atoms with Crippen molar-refractivity contribution >= 4 is 17.6 Å². The second-order valence-electron chi connectivity index (χ2n) is 4.86. The quantitative estimate of drug-likeness (QED) is 0.907. The SMILES string of the molecule is Cc1nc(N2CCCc3ccccc32)ncc1C(=O)O. The topological polar surface area (TPSA) is 66.3 Å². The van der Waals surface area contributed by atoms with Crippen LogP contribution in [0.1, 0.15) is 28.0 Å². The molecule has 1 N–H and O–H groups in total. The lowest BCUT2D eigenvalue weighted by atomic mass is 10.0. The summed E-state index contributed by atoms with van der Waals surface area (Å²) in [6, 6.07) is 8.19. The number of anilines is 2. The first-order chi connectivity index (χ1) is 9.66. The van der Waals surface area contributed by atoms with Gasteiger partial charge in [0.2, 0.25) is 5.95 Å². The highest BCUT2D eigenvalue weighted by Gasteiger charge is 2.21. The van der Waals surface area contributed by atoms with Crippen LogP contribution in [0.15, 0.2) is 30.5 Å². The summed E-state index contributed by atoms with van der Waals surface area (Å²) in [6.07, 6.45) is 3.48. The van der Waals surface area contributed by atoms with E-state index in [1.165, 1.54) is 11.8 Å². The van der Waals surface area contributed by atoms with Crippen LogP contribution in [0.25, 0.3) is 0 Å². The first-order valence-electron chi connectivity index (χ1n) is 6.59. The average Bonchev–Trinajstić information content (AvgIpc) is 2.46. The van der Waals surface area contributed by atoms with Crippen molar-refractivity contribution < 1.29 is 9.90 Å². The summed E-state index contributed by atoms with van der Waals surface area (Å²) in [5.41, 5.74) is 3.04. The smallest absolute Gasteiger partial charge is 0.339 e. The third-order valence-corrected chi connectivity index (χ3v) is 3.55. The van der Waals surface area contributed by atoms with Crippen LogP contribution in [0.3, 0.4) is 0 Å². The maximum absolute atomic E-state index is 11.0. The number of benzene rings is 1. The van der Waals surface area contributed by atoms with Gasteiger partial charge in [0.05, 0.1) is 11.3 Å². The number of aromatic carboxylic acids is 1. The number of carboxylic acids is 1. The molecule has 1 aliphatic heterocycles. The molecule has 0 atom stereocenters. The number of rotatable bonds is 2. The molecule has 0 aliphatic carbocycles. The molecular formula is C15H15N3O2. The Bertz CT molecular complexity index is 670. The van der Waals surface area contributed by atoms with Crippen molar-refractivity contribution in [3.63, 3.8) is 0 Å². The van der Waals surface area contributed by atoms with Crippen molar-refractivity contribution in [2.24, 2.45) is 0 Å². The molecular weight excluding hydrogens is 254 g/mol. The van der Waals surface area contributed by atoms with Gasteiger partial charge < -0.3 is 10.0 Å². The summed E-state index contributed by atoms with van der Waals surface area (Å²) >= 11 is 0. The van der Waals surface area contributed by atoms with E-state index in [2.05, 4.69) is 27.0 Å². The molecule has 1 aromatic carbocycles. The first kappa shape index (κ1) is 12.6. The molecule has 0 bridgehead atoms. The minimum atomic E-state index is -0.993. The summed E-state index contributed by atoms with van der Waals surface area (Å²) in [7, 11) is 0. The Morgan fingerprint density at radius 2 is 2.15 bits per heavy atom. The summed E-state index contributed by atoms with van der Waals surface area (Å²) in [5, 5.41) is 9.03. The van der Waals surface area contributed by atoms with Gasteiger partial charge in [-0.1, -0.05) is 18.2 Å². The van der Waals surface area contributed by atoms with Gasteiger partial charge in [0.25, 0.3) is 0 Å². The zero-order chi connectivity index (χ0) is 14.1. The number of carboxylic acid groups (broad SMARTS) is 1. The minimum Gasteiger partial charge on any atom is -0.478 e. The molecule has 2 heterocycles. The Morgan fingerprint density at radius 3 is 2.90 bits per heavy atom. The Kier molecular flexibility index (Phi) is 3.10. The Labute approximate surface area is 116 Å². The van der Waals surface area contributed by atoms with Gasteiger partial charge in [-0.3, -0.25) is 0 Å². The predicted molar refractivity (Wildman–Crippen MR) is 75.5 cm³/mol. The number of hydrogen-bond acceptors (Lipinski definition) is 4. The van der Waals surface area contributed by atoms with E-state index in [-0.39, 0.29) is 5.56 Å². The molecule has 1 aromatic heterocycles. The monoisotopic (exact) mass is 269 g/mol. The molecule has 5 heteroatoms. The molecule has 2 aromatic rings. The molecule has 102 valence electrons. The van der Waals surface area contributed by atoms with Gasteiger partial charge in [0.15, 0.2) is 0 Å². The fourth-order valence-corrected chi connectivity index (χ4v) is 2.54. The maximum Gasteiger partial charge on any atom is 0.339 e. The molecule has 0 amide bonds. The number of para-hydroxylation sites is 1. The van der Waals surface area contributed by atoms with E-state index in [9.17, 15) is 4.79 Å². The van der Waals surface area contributed by atoms with Gasteiger partial charge in [0.1, 0.15) is 0 Å². The summed E-state index contributed by atoms with van der Waals surface area (Å²) in [6.45, 7) is 2.55. The van der Waals surface area contributed by atoms with Crippen molar-refractivity contribution in [3.8, 4) is 0 Å². The van der Waals surface area contributed by atoms with E-state index in [4.69, 9.17) is 5.11 Å². The van der Waals surface area contributed by atoms with Gasteiger partial charge in [0, 0.05) is 18.4 Å². The van der Waals surface area contributed by atoms with Crippen LogP contribution in [0.4, 0.5) is 11.6 Å². The van der Waals surface area contributed by atoms with Crippen LogP contribution in [0.2, 0.25) is 0 Å². The van der Waals surface area contributed by atoms with E-state index in [0.29, 0.717) is 11.6 Å². The number of aromatic nitrogens is 2. The number of carbonyl (C=O) groups is 1. The van der Waals surface area contributed by atoms with Gasteiger partial charge in [-0.05, 0) is 31.4 Å². The zero-order valence-corrected chi connectivity index (χ0v) is 11.2. The standard InChI is InChI=1S/C15H15N3O2/c1-10-12(14(19)20)9-16-15(17-10)18-8-4-6-11-5-2-3-7-13(11)18/h2-3,5,7,9H,4,6,8H2,1H3,(H,19,20). The van der Waals surface area contributed by atoms with Crippen LogP contribution >= 0.6 is 0 Å². The predicted octanol–water partition coefficient (Wildman–Crippen LogP) is 2.57. The van der Waals surface area contributed by atoms with Gasteiger partial charge in [-0.15, -0.1) is 0 Å². The molecule has 0 fully saturated rings. The molecule has 0 unspecified atom stereocenters. The number of nitrogens with zero attached hydrogens (tertiary/aromatic N) is 3. The second kappa shape index (κ2) is 4.92. The molecule has 1 aliphatic rings. The minimum absolute atomic E-state index is 0.152. The van der Waals surface area contributed by atoms with Crippen molar-refractivity contribution in [2.45, 2.75) is 19.8 Å². The van der Waals surface area contributed by atoms with Crippen molar-refractivity contribution in [1.82, 2.24) is 9.97 Å². The van der Waals surface area contributed by atoms with Crippen LogP contribution in [0.5, 0.6) is 0 Å². The van der Waals surface area contributed by atoms with Crippen LogP contribution < -0.4 is 4.90 Å². The number of aryl methyl sites for hydroxylation is 2. The summed E-state index contributed by atoms with van der Waals surface area (Å²) in [5.74, 6) is -0.423. The molecule has 0 saturated carbocycles. The lowest BCUT2D eigenvalue weighted by Gasteiger charge is -2.29.